The van der Waals surface area contributed by atoms with E-state index < -0.39 is 0 Å². The second-order valence-electron chi connectivity index (χ2n) is 4.96. The minimum atomic E-state index is 0.0487. The Labute approximate surface area is 167 Å². The van der Waals surface area contributed by atoms with Gasteiger partial charge in [-0.05, 0) is 36.6 Å². The number of nitrogens with two attached hydrogens (primary N) is 1. The Morgan fingerprint density at radius 3 is 1.96 bits per heavy atom. The normalized spacial score (nSPS) is 11.6. The van der Waals surface area contributed by atoms with E-state index in [9.17, 15) is 0 Å². The standard InChI is InChI=1S/C17H17ClN6S2/c1-20-17(26)24-22-15(12-7-9-13(18)10-8-12)14(21-23-16(19)25)11-5-3-2-4-6-11/h2-10H,1H3,(H3,19,23,25)(H2,20,24,26)/b21-14+,22-15+. The molecule has 0 aliphatic heterocycles. The zero-order chi connectivity index (χ0) is 18.9. The van der Waals surface area contributed by atoms with Crippen molar-refractivity contribution in [3.63, 3.8) is 0 Å². The highest BCUT2D eigenvalue weighted by Gasteiger charge is 2.15. The first-order valence-corrected chi connectivity index (χ1v) is 8.71. The summed E-state index contributed by atoms with van der Waals surface area (Å²) in [5.74, 6) is 0. The van der Waals surface area contributed by atoms with E-state index >= 15 is 0 Å². The number of rotatable bonds is 5. The van der Waals surface area contributed by atoms with E-state index in [0.717, 1.165) is 11.1 Å². The van der Waals surface area contributed by atoms with Crippen molar-refractivity contribution in [1.29, 1.82) is 0 Å². The van der Waals surface area contributed by atoms with Crippen molar-refractivity contribution in [2.75, 3.05) is 7.05 Å². The molecule has 0 amide bonds. The second-order valence-corrected chi connectivity index (χ2v) is 6.25. The molecule has 6 nitrogen and oxygen atoms in total. The molecule has 5 N–H and O–H groups in total. The van der Waals surface area contributed by atoms with Crippen LogP contribution < -0.4 is 21.9 Å². The van der Waals surface area contributed by atoms with Crippen molar-refractivity contribution in [2.24, 2.45) is 15.9 Å². The number of hydrogen-bond acceptors (Lipinski definition) is 4. The summed E-state index contributed by atoms with van der Waals surface area (Å²) in [6, 6.07) is 16.7. The molecule has 26 heavy (non-hydrogen) atoms. The Morgan fingerprint density at radius 1 is 0.885 bits per heavy atom. The van der Waals surface area contributed by atoms with E-state index in [1.807, 2.05) is 42.5 Å². The molecule has 0 heterocycles. The van der Waals surface area contributed by atoms with Gasteiger partial charge in [0.1, 0.15) is 11.4 Å². The smallest absolute Gasteiger partial charge is 0.186 e. The first kappa shape index (κ1) is 19.8. The fourth-order valence-corrected chi connectivity index (χ4v) is 2.20. The number of benzene rings is 2. The lowest BCUT2D eigenvalue weighted by Crippen LogP contribution is -2.32. The van der Waals surface area contributed by atoms with Crippen LogP contribution in [0.25, 0.3) is 0 Å². The molecule has 2 aromatic rings. The molecule has 0 saturated carbocycles. The third kappa shape index (κ3) is 5.76. The minimum absolute atomic E-state index is 0.0487. The molecule has 0 aliphatic carbocycles. The zero-order valence-electron chi connectivity index (χ0n) is 13.9. The lowest BCUT2D eigenvalue weighted by Gasteiger charge is -2.12. The fourth-order valence-electron chi connectivity index (χ4n) is 1.99. The van der Waals surface area contributed by atoms with E-state index in [1.54, 1.807) is 19.2 Å². The third-order valence-electron chi connectivity index (χ3n) is 3.16. The van der Waals surface area contributed by atoms with Crippen LogP contribution in [0.4, 0.5) is 0 Å². The van der Waals surface area contributed by atoms with Gasteiger partial charge in [0.2, 0.25) is 0 Å². The summed E-state index contributed by atoms with van der Waals surface area (Å²) in [6.45, 7) is 0. The first-order valence-electron chi connectivity index (χ1n) is 7.51. The predicted octanol–water partition coefficient (Wildman–Crippen LogP) is 2.38. The number of hydrogen-bond donors (Lipinski definition) is 4. The molecule has 0 radical (unpaired) electrons. The van der Waals surface area contributed by atoms with Crippen LogP contribution in [0.2, 0.25) is 5.02 Å². The molecule has 0 unspecified atom stereocenters. The number of hydrazone groups is 2. The molecule has 0 atom stereocenters. The van der Waals surface area contributed by atoms with Gasteiger partial charge in [-0.15, -0.1) is 0 Å². The highest BCUT2D eigenvalue weighted by Crippen LogP contribution is 2.14. The highest BCUT2D eigenvalue weighted by atomic mass is 35.5. The van der Waals surface area contributed by atoms with Crippen molar-refractivity contribution in [3.8, 4) is 0 Å². The summed E-state index contributed by atoms with van der Waals surface area (Å²) in [4.78, 5) is 0. The molecular weight excluding hydrogens is 388 g/mol. The van der Waals surface area contributed by atoms with Crippen LogP contribution in [0.1, 0.15) is 11.1 Å². The number of thiocarbonyl (C=S) groups is 2. The predicted molar refractivity (Wildman–Crippen MR) is 116 cm³/mol. The van der Waals surface area contributed by atoms with E-state index in [1.165, 1.54) is 0 Å². The number of nitrogens with zero attached hydrogens (tertiary/aromatic N) is 2. The molecule has 0 aliphatic rings. The van der Waals surface area contributed by atoms with Crippen LogP contribution in [0.15, 0.2) is 64.8 Å². The molecule has 134 valence electrons. The molecule has 0 aromatic heterocycles. The van der Waals surface area contributed by atoms with Gasteiger partial charge in [-0.25, -0.2) is 0 Å². The van der Waals surface area contributed by atoms with Gasteiger partial charge in [0.15, 0.2) is 10.2 Å². The maximum Gasteiger partial charge on any atom is 0.186 e. The molecular formula is C17H17ClN6S2. The quantitative estimate of drug-likeness (QED) is 0.348. The number of nitrogens with one attached hydrogen (secondary N) is 3. The van der Waals surface area contributed by atoms with Crippen LogP contribution in [-0.4, -0.2) is 28.7 Å². The van der Waals surface area contributed by atoms with Crippen LogP contribution in [0.5, 0.6) is 0 Å². The SMILES string of the molecule is CNC(=S)N/N=C(/C(=N/NC(N)=S)c1ccccc1)c1ccc(Cl)cc1. The maximum atomic E-state index is 6.00. The molecule has 0 fully saturated rings. The van der Waals surface area contributed by atoms with E-state index in [4.69, 9.17) is 41.8 Å². The van der Waals surface area contributed by atoms with Gasteiger partial charge in [0, 0.05) is 23.2 Å². The molecule has 9 heteroatoms. The van der Waals surface area contributed by atoms with Gasteiger partial charge >= 0.3 is 0 Å². The summed E-state index contributed by atoms with van der Waals surface area (Å²) in [5.41, 5.74) is 13.6. The average Bonchev–Trinajstić information content (AvgIpc) is 2.65. The van der Waals surface area contributed by atoms with Gasteiger partial charge < -0.3 is 11.1 Å². The fraction of sp³-hybridized carbons (Fsp3) is 0.0588. The van der Waals surface area contributed by atoms with Crippen LogP contribution in [0.3, 0.4) is 0 Å². The maximum absolute atomic E-state index is 6.00. The van der Waals surface area contributed by atoms with Gasteiger partial charge in [-0.2, -0.15) is 10.2 Å². The Bertz CT molecular complexity index is 834. The summed E-state index contributed by atoms with van der Waals surface area (Å²) in [5, 5.41) is 12.6. The second kappa shape index (κ2) is 9.81. The number of halogens is 1. The first-order chi connectivity index (χ1) is 12.5. The van der Waals surface area contributed by atoms with E-state index in [-0.39, 0.29) is 5.11 Å². The molecule has 2 aromatic carbocycles. The highest BCUT2D eigenvalue weighted by molar-refractivity contribution is 7.80. The van der Waals surface area contributed by atoms with Gasteiger partial charge in [-0.3, -0.25) is 10.9 Å². The van der Waals surface area contributed by atoms with Crippen molar-refractivity contribution in [2.45, 2.75) is 0 Å². The molecule has 2 rings (SSSR count). The Balaban J connectivity index is 2.56. The lowest BCUT2D eigenvalue weighted by molar-refractivity contribution is 0.976. The van der Waals surface area contributed by atoms with Crippen LogP contribution in [0, 0.1) is 0 Å². The molecule has 0 saturated heterocycles. The van der Waals surface area contributed by atoms with Crippen molar-refractivity contribution >= 4 is 57.7 Å². The molecule has 0 bridgehead atoms. The topological polar surface area (TPSA) is 86.8 Å². The van der Waals surface area contributed by atoms with Crippen LogP contribution in [-0.2, 0) is 0 Å². The monoisotopic (exact) mass is 404 g/mol. The Morgan fingerprint density at radius 2 is 1.42 bits per heavy atom. The largest absolute Gasteiger partial charge is 0.375 e. The summed E-state index contributed by atoms with van der Waals surface area (Å²) in [7, 11) is 1.70. The lowest BCUT2D eigenvalue weighted by atomic mass is 10.00. The van der Waals surface area contributed by atoms with Gasteiger partial charge in [-0.1, -0.05) is 54.1 Å². The Kier molecular flexibility index (Phi) is 7.46. The third-order valence-corrected chi connectivity index (χ3v) is 3.80. The summed E-state index contributed by atoms with van der Waals surface area (Å²) < 4.78 is 0. The zero-order valence-corrected chi connectivity index (χ0v) is 16.3. The van der Waals surface area contributed by atoms with Gasteiger partial charge in [0.05, 0.1) is 0 Å². The van der Waals surface area contributed by atoms with Crippen LogP contribution >= 0.6 is 36.0 Å². The van der Waals surface area contributed by atoms with Crippen molar-refractivity contribution in [1.82, 2.24) is 16.2 Å². The van der Waals surface area contributed by atoms with E-state index in [0.29, 0.717) is 21.6 Å². The van der Waals surface area contributed by atoms with Crippen molar-refractivity contribution in [3.05, 3.63) is 70.7 Å². The van der Waals surface area contributed by atoms with E-state index in [2.05, 4.69) is 26.4 Å². The summed E-state index contributed by atoms with van der Waals surface area (Å²) in [6.07, 6.45) is 0. The minimum Gasteiger partial charge on any atom is -0.375 e. The van der Waals surface area contributed by atoms with Crippen molar-refractivity contribution < 1.29 is 0 Å². The Hall–Kier alpha value is -2.55. The summed E-state index contributed by atoms with van der Waals surface area (Å²) >= 11 is 16.0. The average molecular weight is 405 g/mol. The van der Waals surface area contributed by atoms with Gasteiger partial charge in [0.25, 0.3) is 0 Å². The molecule has 0 spiro atoms.